The molecule has 1 heterocycles. The van der Waals surface area contributed by atoms with Gasteiger partial charge in [-0.1, -0.05) is 18.2 Å². The van der Waals surface area contributed by atoms with E-state index in [0.29, 0.717) is 12.2 Å². The van der Waals surface area contributed by atoms with Crippen LogP contribution in [0.1, 0.15) is 33.5 Å². The standard InChI is InChI=1S/C20H24FN3O4/c1-5-28-20(27)15-12(2)23-17(16(15)13-8-6-7-9-14(13)21)18(25)19(26)22-10-11-24(3)4/h6-9,23H,5,10-11H2,1-4H3,(H,22,26). The summed E-state index contributed by atoms with van der Waals surface area (Å²) < 4.78 is 19.5. The molecule has 0 saturated carbocycles. The second-order valence-corrected chi connectivity index (χ2v) is 6.46. The molecule has 0 atom stereocenters. The lowest BCUT2D eigenvalue weighted by molar-refractivity contribution is -0.117. The van der Waals surface area contributed by atoms with Crippen molar-refractivity contribution in [1.29, 1.82) is 0 Å². The molecule has 0 saturated heterocycles. The van der Waals surface area contributed by atoms with E-state index in [1.165, 1.54) is 18.2 Å². The van der Waals surface area contributed by atoms with Crippen LogP contribution in [0.2, 0.25) is 0 Å². The highest BCUT2D eigenvalue weighted by molar-refractivity contribution is 6.43. The van der Waals surface area contributed by atoms with E-state index in [2.05, 4.69) is 10.3 Å². The maximum absolute atomic E-state index is 14.5. The number of nitrogens with zero attached hydrogens (tertiary/aromatic N) is 1. The fourth-order valence-electron chi connectivity index (χ4n) is 2.77. The second kappa shape index (κ2) is 9.27. The Hall–Kier alpha value is -3.00. The molecule has 2 aromatic rings. The number of hydrogen-bond donors (Lipinski definition) is 2. The minimum atomic E-state index is -0.879. The maximum atomic E-state index is 14.5. The van der Waals surface area contributed by atoms with Gasteiger partial charge in [0.15, 0.2) is 0 Å². The number of esters is 1. The first-order chi connectivity index (χ1) is 13.3. The number of amides is 1. The predicted octanol–water partition coefficient (Wildman–Crippen LogP) is 2.17. The van der Waals surface area contributed by atoms with Gasteiger partial charge in [0.2, 0.25) is 0 Å². The molecule has 0 fully saturated rings. The van der Waals surface area contributed by atoms with Crippen molar-refractivity contribution in [1.82, 2.24) is 15.2 Å². The zero-order chi connectivity index (χ0) is 20.8. The summed E-state index contributed by atoms with van der Waals surface area (Å²) in [5.74, 6) is -3.03. The Labute approximate surface area is 162 Å². The van der Waals surface area contributed by atoms with Gasteiger partial charge in [0.1, 0.15) is 11.5 Å². The normalized spacial score (nSPS) is 10.8. The van der Waals surface area contributed by atoms with Gasteiger partial charge in [0, 0.05) is 29.9 Å². The minimum Gasteiger partial charge on any atom is -0.462 e. The molecule has 0 unspecified atom stereocenters. The van der Waals surface area contributed by atoms with Crippen molar-refractivity contribution in [3.63, 3.8) is 0 Å². The summed E-state index contributed by atoms with van der Waals surface area (Å²) in [6.45, 7) is 4.16. The molecule has 7 nitrogen and oxygen atoms in total. The number of hydrogen-bond acceptors (Lipinski definition) is 5. The fourth-order valence-corrected chi connectivity index (χ4v) is 2.77. The van der Waals surface area contributed by atoms with Gasteiger partial charge in [0.25, 0.3) is 11.7 Å². The van der Waals surface area contributed by atoms with Crippen LogP contribution in [0, 0.1) is 12.7 Å². The first-order valence-corrected chi connectivity index (χ1v) is 8.89. The van der Waals surface area contributed by atoms with Gasteiger partial charge < -0.3 is 19.9 Å². The Bertz CT molecular complexity index is 890. The Morgan fingerprint density at radius 1 is 1.21 bits per heavy atom. The molecule has 1 aromatic heterocycles. The van der Waals surface area contributed by atoms with Gasteiger partial charge in [-0.3, -0.25) is 9.59 Å². The number of benzene rings is 1. The van der Waals surface area contributed by atoms with Crippen LogP contribution >= 0.6 is 0 Å². The van der Waals surface area contributed by atoms with Crippen LogP contribution < -0.4 is 5.32 Å². The van der Waals surface area contributed by atoms with Crippen LogP contribution in [0.25, 0.3) is 11.1 Å². The third-order valence-corrected chi connectivity index (χ3v) is 4.09. The van der Waals surface area contributed by atoms with Gasteiger partial charge in [0.05, 0.1) is 12.2 Å². The van der Waals surface area contributed by atoms with Crippen molar-refractivity contribution in [3.8, 4) is 11.1 Å². The monoisotopic (exact) mass is 389 g/mol. The molecule has 1 aromatic carbocycles. The molecule has 150 valence electrons. The van der Waals surface area contributed by atoms with E-state index in [4.69, 9.17) is 4.74 Å². The predicted molar refractivity (Wildman–Crippen MR) is 103 cm³/mol. The third-order valence-electron chi connectivity index (χ3n) is 4.09. The van der Waals surface area contributed by atoms with E-state index in [1.54, 1.807) is 19.9 Å². The summed E-state index contributed by atoms with van der Waals surface area (Å²) in [6.07, 6.45) is 0. The van der Waals surface area contributed by atoms with E-state index in [-0.39, 0.29) is 35.5 Å². The highest BCUT2D eigenvalue weighted by Gasteiger charge is 2.30. The lowest BCUT2D eigenvalue weighted by Crippen LogP contribution is -2.36. The van der Waals surface area contributed by atoms with Crippen LogP contribution in [0.3, 0.4) is 0 Å². The summed E-state index contributed by atoms with van der Waals surface area (Å²) in [6, 6.07) is 5.75. The molecular formula is C20H24FN3O4. The van der Waals surface area contributed by atoms with E-state index >= 15 is 0 Å². The molecule has 0 spiro atoms. The zero-order valence-electron chi connectivity index (χ0n) is 16.4. The van der Waals surface area contributed by atoms with Crippen LogP contribution in [0.5, 0.6) is 0 Å². The number of aromatic amines is 1. The van der Waals surface area contributed by atoms with Crippen molar-refractivity contribution in [2.24, 2.45) is 0 Å². The molecule has 8 heteroatoms. The average molecular weight is 389 g/mol. The highest BCUT2D eigenvalue weighted by atomic mass is 19.1. The van der Waals surface area contributed by atoms with Crippen molar-refractivity contribution < 1.29 is 23.5 Å². The minimum absolute atomic E-state index is 0.0295. The summed E-state index contributed by atoms with van der Waals surface area (Å²) in [4.78, 5) is 42.1. The number of carbonyl (C=O) groups is 3. The van der Waals surface area contributed by atoms with Crippen molar-refractivity contribution in [3.05, 3.63) is 47.0 Å². The summed E-state index contributed by atoms with van der Waals surface area (Å²) >= 11 is 0. The SMILES string of the molecule is CCOC(=O)c1c(C)[nH]c(C(=O)C(=O)NCCN(C)C)c1-c1ccccc1F. The van der Waals surface area contributed by atoms with Crippen molar-refractivity contribution in [2.45, 2.75) is 13.8 Å². The lowest BCUT2D eigenvalue weighted by atomic mass is 9.98. The van der Waals surface area contributed by atoms with E-state index in [9.17, 15) is 18.8 Å². The van der Waals surface area contributed by atoms with E-state index in [0.717, 1.165) is 0 Å². The number of rotatable bonds is 8. The number of H-pyrrole nitrogens is 1. The molecule has 0 aliphatic rings. The average Bonchev–Trinajstić information content (AvgIpc) is 2.98. The van der Waals surface area contributed by atoms with Gasteiger partial charge in [-0.25, -0.2) is 9.18 Å². The van der Waals surface area contributed by atoms with E-state index < -0.39 is 23.5 Å². The molecule has 0 aliphatic carbocycles. The first kappa shape index (κ1) is 21.3. The summed E-state index contributed by atoms with van der Waals surface area (Å²) in [5.41, 5.74) is 0.284. The lowest BCUT2D eigenvalue weighted by Gasteiger charge is -2.11. The molecule has 2 rings (SSSR count). The molecule has 2 N–H and O–H groups in total. The molecule has 0 bridgehead atoms. The number of Topliss-reactive ketones (excluding diaryl/α,β-unsaturated/α-hetero) is 1. The second-order valence-electron chi connectivity index (χ2n) is 6.46. The summed E-state index contributed by atoms with van der Waals surface area (Å²) in [5, 5.41) is 2.53. The summed E-state index contributed by atoms with van der Waals surface area (Å²) in [7, 11) is 3.68. The molecule has 28 heavy (non-hydrogen) atoms. The quantitative estimate of drug-likeness (QED) is 0.410. The number of aryl methyl sites for hydroxylation is 1. The Balaban J connectivity index is 2.51. The van der Waals surface area contributed by atoms with Crippen LogP contribution in [0.15, 0.2) is 24.3 Å². The maximum Gasteiger partial charge on any atom is 0.340 e. The Kier molecular flexibility index (Phi) is 7.06. The van der Waals surface area contributed by atoms with Gasteiger partial charge in [-0.15, -0.1) is 0 Å². The van der Waals surface area contributed by atoms with Crippen molar-refractivity contribution in [2.75, 3.05) is 33.8 Å². The smallest absolute Gasteiger partial charge is 0.340 e. The first-order valence-electron chi connectivity index (χ1n) is 8.89. The van der Waals surface area contributed by atoms with E-state index in [1.807, 2.05) is 19.0 Å². The van der Waals surface area contributed by atoms with Gasteiger partial charge in [-0.05, 0) is 34.0 Å². The van der Waals surface area contributed by atoms with Crippen molar-refractivity contribution >= 4 is 17.7 Å². The number of carbonyl (C=O) groups excluding carboxylic acids is 3. The zero-order valence-corrected chi connectivity index (χ0v) is 16.4. The van der Waals surface area contributed by atoms with Gasteiger partial charge in [-0.2, -0.15) is 0 Å². The topological polar surface area (TPSA) is 91.5 Å². The molecular weight excluding hydrogens is 365 g/mol. The molecule has 1 amide bonds. The fraction of sp³-hybridized carbons (Fsp3) is 0.350. The highest BCUT2D eigenvalue weighted by Crippen LogP contribution is 2.33. The van der Waals surface area contributed by atoms with Crippen LogP contribution in [0.4, 0.5) is 4.39 Å². The number of ketones is 1. The number of halogens is 1. The van der Waals surface area contributed by atoms with Crippen LogP contribution in [-0.2, 0) is 9.53 Å². The third kappa shape index (κ3) is 4.64. The number of likely N-dealkylation sites (N-methyl/N-ethyl adjacent to an activating group) is 1. The number of aromatic nitrogens is 1. The molecule has 0 radical (unpaired) electrons. The Morgan fingerprint density at radius 3 is 2.50 bits per heavy atom. The number of ether oxygens (including phenoxy) is 1. The number of nitrogens with one attached hydrogen (secondary N) is 2. The Morgan fingerprint density at radius 2 is 1.89 bits per heavy atom. The van der Waals surface area contributed by atoms with Crippen LogP contribution in [-0.4, -0.2) is 61.3 Å². The van der Waals surface area contributed by atoms with Gasteiger partial charge >= 0.3 is 5.97 Å². The molecule has 0 aliphatic heterocycles. The largest absolute Gasteiger partial charge is 0.462 e.